The highest BCUT2D eigenvalue weighted by atomic mass is 35.5. The summed E-state index contributed by atoms with van der Waals surface area (Å²) in [5.41, 5.74) is 0.0588. The number of nitrogens with zero attached hydrogens (tertiary/aromatic N) is 5. The molecule has 0 aliphatic heterocycles. The molecule has 36 heavy (non-hydrogen) atoms. The Kier molecular flexibility index (Phi) is 7.40. The van der Waals surface area contributed by atoms with Crippen LogP contribution in [-0.2, 0) is 13.1 Å². The van der Waals surface area contributed by atoms with Gasteiger partial charge in [-0.3, -0.25) is 4.57 Å². The zero-order chi connectivity index (χ0) is 25.7. The van der Waals surface area contributed by atoms with Crippen molar-refractivity contribution in [1.29, 1.82) is 0 Å². The molecule has 0 saturated heterocycles. The van der Waals surface area contributed by atoms with Crippen molar-refractivity contribution in [3.8, 4) is 11.6 Å². The lowest BCUT2D eigenvalue weighted by Gasteiger charge is -2.15. The first-order valence-corrected chi connectivity index (χ1v) is 11.3. The lowest BCUT2D eigenvalue weighted by atomic mass is 10.2. The molecule has 0 radical (unpaired) electrons. The third kappa shape index (κ3) is 5.76. The number of hydrogen-bond donors (Lipinski definition) is 2. The maximum absolute atomic E-state index is 13.1. The highest BCUT2D eigenvalue weighted by molar-refractivity contribution is 6.30. The van der Waals surface area contributed by atoms with Gasteiger partial charge in [0.1, 0.15) is 5.75 Å². The van der Waals surface area contributed by atoms with Crippen LogP contribution in [0.15, 0.2) is 70.3 Å². The fourth-order valence-corrected chi connectivity index (χ4v) is 3.43. The zero-order valence-electron chi connectivity index (χ0n) is 19.1. The Bertz CT molecular complexity index is 1480. The van der Waals surface area contributed by atoms with E-state index in [1.54, 1.807) is 48.5 Å². The van der Waals surface area contributed by atoms with Gasteiger partial charge in [-0.15, -0.1) is 10.2 Å². The average Bonchev–Trinajstić information content (AvgIpc) is 2.87. The highest BCUT2D eigenvalue weighted by Crippen LogP contribution is 2.23. The molecule has 2 N–H and O–H groups in total. The van der Waals surface area contributed by atoms with Gasteiger partial charge in [-0.2, -0.15) is 4.98 Å². The summed E-state index contributed by atoms with van der Waals surface area (Å²) in [6, 6.07) is 16.3. The molecule has 2 heterocycles. The number of aromatic nitrogens is 5. The summed E-state index contributed by atoms with van der Waals surface area (Å²) in [6.45, 7) is 2.31. The Labute approximate surface area is 209 Å². The molecule has 0 spiro atoms. The average molecular weight is 509 g/mol. The van der Waals surface area contributed by atoms with Crippen LogP contribution in [0.1, 0.15) is 29.4 Å². The van der Waals surface area contributed by atoms with Gasteiger partial charge in [0.2, 0.25) is 11.8 Å². The Morgan fingerprint density at radius 2 is 1.72 bits per heavy atom. The smallest absolute Gasteiger partial charge is 0.356 e. The summed E-state index contributed by atoms with van der Waals surface area (Å²) < 4.78 is 8.08. The predicted molar refractivity (Wildman–Crippen MR) is 132 cm³/mol. The first-order chi connectivity index (χ1) is 17.3. The number of carbonyl (C=O) groups is 1. The van der Waals surface area contributed by atoms with E-state index < -0.39 is 17.3 Å². The van der Waals surface area contributed by atoms with Crippen molar-refractivity contribution in [2.45, 2.75) is 26.4 Å². The minimum Gasteiger partial charge on any atom is -0.476 e. The lowest BCUT2D eigenvalue weighted by Crippen LogP contribution is -2.42. The molecule has 12 heteroatoms. The number of nitrogens with one attached hydrogen (secondary N) is 1. The van der Waals surface area contributed by atoms with Crippen molar-refractivity contribution in [3.63, 3.8) is 0 Å². The number of hydrogen-bond acceptors (Lipinski definition) is 8. The quantitative estimate of drug-likeness (QED) is 0.347. The number of anilines is 2. The number of halogens is 1. The number of aromatic carboxylic acids is 1. The van der Waals surface area contributed by atoms with E-state index in [2.05, 4.69) is 20.5 Å². The van der Waals surface area contributed by atoms with Crippen LogP contribution in [-0.4, -0.2) is 35.4 Å². The standard InChI is InChI=1S/C24H21ClN6O5/c1-2-13-30-23(34)27-22(31(24(30)35)14-15-3-5-16(25)6-4-15)26-17-7-9-18(10-8-17)36-20-12-11-19(21(32)33)28-29-20/h3-12H,2,13-14H2,1H3,(H,32,33)(H,26,27,34). The van der Waals surface area contributed by atoms with Gasteiger partial charge in [0.15, 0.2) is 5.69 Å². The van der Waals surface area contributed by atoms with E-state index in [0.29, 0.717) is 22.9 Å². The Morgan fingerprint density at radius 1 is 1.00 bits per heavy atom. The van der Waals surface area contributed by atoms with Crippen LogP contribution in [0.25, 0.3) is 0 Å². The predicted octanol–water partition coefficient (Wildman–Crippen LogP) is 3.54. The fourth-order valence-electron chi connectivity index (χ4n) is 3.30. The van der Waals surface area contributed by atoms with E-state index >= 15 is 0 Å². The molecule has 0 amide bonds. The summed E-state index contributed by atoms with van der Waals surface area (Å²) in [6.07, 6.45) is 0.607. The van der Waals surface area contributed by atoms with Gasteiger partial charge in [-0.05, 0) is 54.4 Å². The SMILES string of the molecule is CCCn1c(=O)nc(Nc2ccc(Oc3ccc(C(=O)O)nn3)cc2)n(Cc2ccc(Cl)cc2)c1=O. The third-order valence-corrected chi connectivity index (χ3v) is 5.30. The van der Waals surface area contributed by atoms with E-state index in [1.165, 1.54) is 16.7 Å². The Balaban J connectivity index is 1.59. The minimum absolute atomic E-state index is 0.0936. The zero-order valence-corrected chi connectivity index (χ0v) is 19.8. The highest BCUT2D eigenvalue weighted by Gasteiger charge is 2.14. The van der Waals surface area contributed by atoms with Gasteiger partial charge >= 0.3 is 17.3 Å². The minimum atomic E-state index is -1.19. The molecule has 0 atom stereocenters. The molecule has 0 bridgehead atoms. The topological polar surface area (TPSA) is 141 Å². The maximum Gasteiger partial charge on any atom is 0.356 e. The van der Waals surface area contributed by atoms with E-state index in [0.717, 1.165) is 10.1 Å². The van der Waals surface area contributed by atoms with Crippen LogP contribution in [0.2, 0.25) is 5.02 Å². The van der Waals surface area contributed by atoms with Crippen LogP contribution >= 0.6 is 11.6 Å². The van der Waals surface area contributed by atoms with Crippen LogP contribution < -0.4 is 21.4 Å². The molecule has 2 aromatic heterocycles. The van der Waals surface area contributed by atoms with Gasteiger partial charge in [0.25, 0.3) is 0 Å². The second-order valence-electron chi connectivity index (χ2n) is 7.68. The Morgan fingerprint density at radius 3 is 2.33 bits per heavy atom. The Hall–Kier alpha value is -4.51. The van der Waals surface area contributed by atoms with Crippen LogP contribution in [0.5, 0.6) is 11.6 Å². The van der Waals surface area contributed by atoms with Gasteiger partial charge in [-0.1, -0.05) is 30.7 Å². The molecular weight excluding hydrogens is 488 g/mol. The van der Waals surface area contributed by atoms with Crippen molar-refractivity contribution in [2.24, 2.45) is 0 Å². The van der Waals surface area contributed by atoms with E-state index in [1.807, 2.05) is 6.92 Å². The van der Waals surface area contributed by atoms with Gasteiger partial charge in [-0.25, -0.2) is 19.0 Å². The van der Waals surface area contributed by atoms with E-state index in [9.17, 15) is 14.4 Å². The molecule has 4 rings (SSSR count). The van der Waals surface area contributed by atoms with Crippen LogP contribution in [0, 0.1) is 0 Å². The first kappa shape index (κ1) is 24.6. The maximum atomic E-state index is 13.1. The normalized spacial score (nSPS) is 10.7. The summed E-state index contributed by atoms with van der Waals surface area (Å²) in [5.74, 6) is -0.549. The monoisotopic (exact) mass is 508 g/mol. The molecule has 0 fully saturated rings. The lowest BCUT2D eigenvalue weighted by molar-refractivity contribution is 0.0689. The second-order valence-corrected chi connectivity index (χ2v) is 8.11. The summed E-state index contributed by atoms with van der Waals surface area (Å²) in [7, 11) is 0. The van der Waals surface area contributed by atoms with Crippen molar-refractivity contribution in [2.75, 3.05) is 5.32 Å². The van der Waals surface area contributed by atoms with Gasteiger partial charge < -0.3 is 15.2 Å². The molecule has 11 nitrogen and oxygen atoms in total. The molecule has 2 aromatic carbocycles. The molecule has 184 valence electrons. The number of carboxylic acid groups (broad SMARTS) is 1. The van der Waals surface area contributed by atoms with Crippen molar-refractivity contribution < 1.29 is 14.6 Å². The largest absolute Gasteiger partial charge is 0.476 e. The summed E-state index contributed by atoms with van der Waals surface area (Å²) in [4.78, 5) is 40.7. The van der Waals surface area contributed by atoms with Crippen molar-refractivity contribution in [3.05, 3.63) is 97.9 Å². The van der Waals surface area contributed by atoms with Crippen molar-refractivity contribution in [1.82, 2.24) is 24.3 Å². The van der Waals surface area contributed by atoms with E-state index in [-0.39, 0.29) is 30.6 Å². The molecule has 4 aromatic rings. The molecule has 0 aliphatic rings. The molecule has 0 unspecified atom stereocenters. The van der Waals surface area contributed by atoms with Crippen LogP contribution in [0.4, 0.5) is 11.6 Å². The number of carboxylic acids is 1. The summed E-state index contributed by atoms with van der Waals surface area (Å²) in [5, 5.41) is 19.8. The first-order valence-electron chi connectivity index (χ1n) is 10.9. The molecule has 0 aliphatic carbocycles. The molecular formula is C24H21ClN6O5. The number of benzene rings is 2. The van der Waals surface area contributed by atoms with Crippen LogP contribution in [0.3, 0.4) is 0 Å². The summed E-state index contributed by atoms with van der Waals surface area (Å²) >= 11 is 5.98. The third-order valence-electron chi connectivity index (χ3n) is 5.04. The number of rotatable bonds is 9. The van der Waals surface area contributed by atoms with Crippen molar-refractivity contribution >= 4 is 29.2 Å². The fraction of sp³-hybridized carbons (Fsp3) is 0.167. The molecule has 0 saturated carbocycles. The van der Waals surface area contributed by atoms with Gasteiger partial charge in [0, 0.05) is 23.3 Å². The second kappa shape index (κ2) is 10.8. The van der Waals surface area contributed by atoms with Gasteiger partial charge in [0.05, 0.1) is 6.54 Å². The van der Waals surface area contributed by atoms with E-state index in [4.69, 9.17) is 21.4 Å². The number of ether oxygens (including phenoxy) is 1.